The fourth-order valence-electron chi connectivity index (χ4n) is 2.04. The maximum absolute atomic E-state index is 12.1. The van der Waals surface area contributed by atoms with E-state index in [0.717, 1.165) is 10.4 Å². The first-order valence-electron chi connectivity index (χ1n) is 6.35. The third-order valence-electron chi connectivity index (χ3n) is 3.25. The van der Waals surface area contributed by atoms with Crippen molar-refractivity contribution in [1.29, 1.82) is 0 Å². The molecule has 3 rings (SSSR count). The summed E-state index contributed by atoms with van der Waals surface area (Å²) >= 11 is 1.46. The largest absolute Gasteiger partial charge is 0.453 e. The minimum absolute atomic E-state index is 0.0704. The van der Waals surface area contributed by atoms with Gasteiger partial charge in [-0.05, 0) is 31.5 Å². The minimum atomic E-state index is -0.485. The first kappa shape index (κ1) is 13.6. The molecule has 0 spiro atoms. The van der Waals surface area contributed by atoms with E-state index in [1.54, 1.807) is 18.3 Å². The van der Waals surface area contributed by atoms with Crippen molar-refractivity contribution in [1.82, 2.24) is 15.0 Å². The number of hydrogen-bond acceptors (Lipinski definition) is 5. The molecule has 0 aromatic carbocycles. The van der Waals surface area contributed by atoms with Crippen LogP contribution in [-0.4, -0.2) is 20.9 Å². The quantitative estimate of drug-likeness (QED) is 0.727. The molecule has 0 saturated heterocycles. The van der Waals surface area contributed by atoms with Crippen molar-refractivity contribution in [3.63, 3.8) is 0 Å². The normalized spacial score (nSPS) is 11.0. The molecule has 0 saturated carbocycles. The Morgan fingerprint density at radius 3 is 2.95 bits per heavy atom. The highest BCUT2D eigenvalue weighted by Gasteiger charge is 2.13. The molecule has 108 valence electrons. The summed E-state index contributed by atoms with van der Waals surface area (Å²) in [6.07, 6.45) is 1.64. The van der Waals surface area contributed by atoms with Crippen LogP contribution in [0.25, 0.3) is 10.2 Å². The number of aromatic amines is 2. The Balaban J connectivity index is 1.85. The molecule has 0 unspecified atom stereocenters. The summed E-state index contributed by atoms with van der Waals surface area (Å²) < 4.78 is 5.12. The van der Waals surface area contributed by atoms with Crippen LogP contribution < -0.4 is 5.56 Å². The Labute approximate surface area is 123 Å². The van der Waals surface area contributed by atoms with E-state index in [4.69, 9.17) is 4.74 Å². The van der Waals surface area contributed by atoms with Crippen LogP contribution in [0, 0.1) is 13.8 Å². The van der Waals surface area contributed by atoms with E-state index in [-0.39, 0.29) is 12.2 Å². The van der Waals surface area contributed by atoms with Crippen LogP contribution >= 0.6 is 11.3 Å². The van der Waals surface area contributed by atoms with Gasteiger partial charge in [0.15, 0.2) is 0 Å². The highest BCUT2D eigenvalue weighted by atomic mass is 32.1. The number of aromatic nitrogens is 3. The number of fused-ring (bicyclic) bond motifs is 1. The van der Waals surface area contributed by atoms with Crippen LogP contribution in [0.15, 0.2) is 23.1 Å². The number of ether oxygens (including phenoxy) is 1. The van der Waals surface area contributed by atoms with E-state index in [1.165, 1.54) is 11.3 Å². The number of aryl methyl sites for hydroxylation is 2. The number of thiophene rings is 1. The summed E-state index contributed by atoms with van der Waals surface area (Å²) in [7, 11) is 0. The molecule has 6 nitrogen and oxygen atoms in total. The van der Waals surface area contributed by atoms with Gasteiger partial charge in [-0.3, -0.25) is 4.79 Å². The topological polar surface area (TPSA) is 87.8 Å². The molecular weight excluding hydrogens is 290 g/mol. The molecule has 0 radical (unpaired) electrons. The average Bonchev–Trinajstić information content (AvgIpc) is 3.06. The van der Waals surface area contributed by atoms with Gasteiger partial charge in [0.05, 0.1) is 5.39 Å². The van der Waals surface area contributed by atoms with Crippen molar-refractivity contribution in [3.8, 4) is 0 Å². The minimum Gasteiger partial charge on any atom is -0.453 e. The molecule has 7 heteroatoms. The van der Waals surface area contributed by atoms with Crippen molar-refractivity contribution in [2.24, 2.45) is 0 Å². The number of hydrogen-bond donors (Lipinski definition) is 2. The zero-order valence-electron chi connectivity index (χ0n) is 11.5. The molecule has 3 aromatic rings. The highest BCUT2D eigenvalue weighted by molar-refractivity contribution is 7.18. The molecule has 0 fully saturated rings. The summed E-state index contributed by atoms with van der Waals surface area (Å²) in [5.41, 5.74) is 1.10. The van der Waals surface area contributed by atoms with Gasteiger partial charge in [0, 0.05) is 11.1 Å². The lowest BCUT2D eigenvalue weighted by Gasteiger charge is -2.03. The van der Waals surface area contributed by atoms with Crippen LogP contribution in [0.2, 0.25) is 0 Å². The monoisotopic (exact) mass is 303 g/mol. The summed E-state index contributed by atoms with van der Waals surface area (Å²) in [4.78, 5) is 35.3. The lowest BCUT2D eigenvalue weighted by atomic mass is 10.2. The molecule has 0 aliphatic rings. The van der Waals surface area contributed by atoms with E-state index >= 15 is 0 Å². The lowest BCUT2D eigenvalue weighted by Crippen LogP contribution is -2.14. The van der Waals surface area contributed by atoms with Crippen LogP contribution in [-0.2, 0) is 11.3 Å². The fourth-order valence-corrected chi connectivity index (χ4v) is 3.09. The van der Waals surface area contributed by atoms with Crippen molar-refractivity contribution in [2.75, 3.05) is 0 Å². The third-order valence-corrected chi connectivity index (χ3v) is 4.35. The summed E-state index contributed by atoms with van der Waals surface area (Å²) in [5, 5.41) is 0.608. The maximum atomic E-state index is 12.1. The van der Waals surface area contributed by atoms with Gasteiger partial charge in [0.1, 0.15) is 23.0 Å². The van der Waals surface area contributed by atoms with Gasteiger partial charge < -0.3 is 14.7 Å². The second kappa shape index (κ2) is 5.17. The number of carbonyl (C=O) groups is 1. The van der Waals surface area contributed by atoms with E-state index in [9.17, 15) is 9.59 Å². The zero-order chi connectivity index (χ0) is 15.0. The van der Waals surface area contributed by atoms with Gasteiger partial charge in [-0.1, -0.05) is 0 Å². The molecule has 0 bridgehead atoms. The average molecular weight is 303 g/mol. The Kier molecular flexibility index (Phi) is 3.34. The molecule has 0 aliphatic heterocycles. The predicted molar refractivity (Wildman–Crippen MR) is 79.6 cm³/mol. The van der Waals surface area contributed by atoms with Crippen LogP contribution in [0.1, 0.15) is 26.8 Å². The fraction of sp³-hybridized carbons (Fsp3) is 0.214. The second-order valence-corrected chi connectivity index (χ2v) is 5.84. The number of H-pyrrole nitrogens is 2. The van der Waals surface area contributed by atoms with Gasteiger partial charge in [-0.25, -0.2) is 9.78 Å². The molecule has 2 N–H and O–H groups in total. The van der Waals surface area contributed by atoms with Gasteiger partial charge in [-0.2, -0.15) is 0 Å². The standard InChI is InChI=1S/C14H13N3O3S/c1-7-8(2)21-13-11(7)12(18)16-10(17-13)6-20-14(19)9-4-3-5-15-9/h3-5,15H,6H2,1-2H3,(H,16,17,18). The molecule has 3 heterocycles. The van der Waals surface area contributed by atoms with Gasteiger partial charge in [-0.15, -0.1) is 11.3 Å². The van der Waals surface area contributed by atoms with Crippen molar-refractivity contribution in [3.05, 3.63) is 50.6 Å². The first-order valence-corrected chi connectivity index (χ1v) is 7.17. The SMILES string of the molecule is Cc1sc2nc(COC(=O)c3ccc[nH]3)[nH]c(=O)c2c1C. The maximum Gasteiger partial charge on any atom is 0.355 e. The zero-order valence-corrected chi connectivity index (χ0v) is 12.3. The van der Waals surface area contributed by atoms with E-state index in [0.29, 0.717) is 21.7 Å². The Hall–Kier alpha value is -2.41. The van der Waals surface area contributed by atoms with E-state index in [1.807, 2.05) is 13.8 Å². The number of rotatable bonds is 3. The van der Waals surface area contributed by atoms with Crippen LogP contribution in [0.5, 0.6) is 0 Å². The second-order valence-electron chi connectivity index (χ2n) is 4.64. The molecular formula is C14H13N3O3S. The van der Waals surface area contributed by atoms with E-state index < -0.39 is 5.97 Å². The Bertz CT molecular complexity index is 862. The molecule has 3 aromatic heterocycles. The number of nitrogens with zero attached hydrogens (tertiary/aromatic N) is 1. The first-order chi connectivity index (χ1) is 10.1. The molecule has 0 aliphatic carbocycles. The van der Waals surface area contributed by atoms with Gasteiger partial charge in [0.2, 0.25) is 0 Å². The van der Waals surface area contributed by atoms with E-state index in [2.05, 4.69) is 15.0 Å². The van der Waals surface area contributed by atoms with Gasteiger partial charge in [0.25, 0.3) is 5.56 Å². The van der Waals surface area contributed by atoms with Gasteiger partial charge >= 0.3 is 5.97 Å². The summed E-state index contributed by atoms with van der Waals surface area (Å²) in [6, 6.07) is 3.33. The summed E-state index contributed by atoms with van der Waals surface area (Å²) in [5.74, 6) is -0.144. The van der Waals surface area contributed by atoms with Crippen molar-refractivity contribution >= 4 is 27.5 Å². The van der Waals surface area contributed by atoms with Crippen molar-refractivity contribution in [2.45, 2.75) is 20.5 Å². The Morgan fingerprint density at radius 1 is 1.43 bits per heavy atom. The highest BCUT2D eigenvalue weighted by Crippen LogP contribution is 2.25. The number of carbonyl (C=O) groups excluding carboxylic acids is 1. The summed E-state index contributed by atoms with van der Waals surface area (Å²) in [6.45, 7) is 3.78. The number of nitrogens with one attached hydrogen (secondary N) is 2. The lowest BCUT2D eigenvalue weighted by molar-refractivity contribution is 0.0456. The van der Waals surface area contributed by atoms with Crippen molar-refractivity contribution < 1.29 is 9.53 Å². The molecule has 0 amide bonds. The Morgan fingerprint density at radius 2 is 2.24 bits per heavy atom. The number of esters is 1. The third kappa shape index (κ3) is 2.47. The molecule has 0 atom stereocenters. The van der Waals surface area contributed by atoms with Crippen LogP contribution in [0.3, 0.4) is 0 Å². The predicted octanol–water partition coefficient (Wildman–Crippen LogP) is 2.29. The smallest absolute Gasteiger partial charge is 0.355 e. The molecule has 21 heavy (non-hydrogen) atoms. The van der Waals surface area contributed by atoms with Crippen LogP contribution in [0.4, 0.5) is 0 Å².